The lowest BCUT2D eigenvalue weighted by Gasteiger charge is -2.07. The van der Waals surface area contributed by atoms with E-state index in [4.69, 9.17) is 9.84 Å². The number of hydrogen-bond donors (Lipinski definition) is 2. The summed E-state index contributed by atoms with van der Waals surface area (Å²) in [5.74, 6) is -0.950. The van der Waals surface area contributed by atoms with Crippen molar-refractivity contribution in [2.45, 2.75) is 12.8 Å². The highest BCUT2D eigenvalue weighted by atomic mass is 79.9. The van der Waals surface area contributed by atoms with Gasteiger partial charge in [-0.25, -0.2) is 4.79 Å². The van der Waals surface area contributed by atoms with Gasteiger partial charge < -0.3 is 14.9 Å². The highest BCUT2D eigenvalue weighted by Gasteiger charge is 2.10. The van der Waals surface area contributed by atoms with Crippen molar-refractivity contribution in [1.82, 2.24) is 0 Å². The number of ether oxygens (including phenoxy) is 1. The van der Waals surface area contributed by atoms with Gasteiger partial charge in [-0.3, -0.25) is 0 Å². The molecule has 16 heavy (non-hydrogen) atoms. The Bertz CT molecular complexity index is 365. The number of halogens is 1. The maximum absolute atomic E-state index is 10.7. The van der Waals surface area contributed by atoms with Crippen LogP contribution in [0.5, 0.6) is 11.5 Å². The zero-order chi connectivity index (χ0) is 12.0. The second kappa shape index (κ2) is 6.37. The number of unbranched alkanes of at least 4 members (excludes halogenated alkanes) is 1. The summed E-state index contributed by atoms with van der Waals surface area (Å²) in [6.45, 7) is 0.537. The van der Waals surface area contributed by atoms with Crippen molar-refractivity contribution in [3.05, 3.63) is 23.8 Å². The molecule has 0 spiro atoms. The third-order valence-corrected chi connectivity index (χ3v) is 2.56. The van der Waals surface area contributed by atoms with Crippen molar-refractivity contribution in [3.63, 3.8) is 0 Å². The zero-order valence-electron chi connectivity index (χ0n) is 8.65. The predicted octanol–water partition coefficient (Wildman–Crippen LogP) is 2.64. The standard InChI is InChI=1S/C11H13BrO4/c12-5-1-2-6-16-8-3-4-10(13)9(7-8)11(14)15/h3-4,7,13H,1-2,5-6H2,(H,14,15). The molecule has 0 heterocycles. The summed E-state index contributed by atoms with van der Waals surface area (Å²) in [5, 5.41) is 19.0. The van der Waals surface area contributed by atoms with E-state index in [1.807, 2.05) is 0 Å². The van der Waals surface area contributed by atoms with Gasteiger partial charge in [0.15, 0.2) is 0 Å². The van der Waals surface area contributed by atoms with Crippen LogP contribution < -0.4 is 4.74 Å². The normalized spacial score (nSPS) is 10.1. The summed E-state index contributed by atoms with van der Waals surface area (Å²) in [6.07, 6.45) is 1.90. The minimum atomic E-state index is -1.16. The molecule has 0 aliphatic heterocycles. The third kappa shape index (κ3) is 3.73. The van der Waals surface area contributed by atoms with E-state index in [-0.39, 0.29) is 11.3 Å². The van der Waals surface area contributed by atoms with Gasteiger partial charge in [0, 0.05) is 5.33 Å². The fraction of sp³-hybridized carbons (Fsp3) is 0.364. The molecule has 5 heteroatoms. The van der Waals surface area contributed by atoms with Crippen LogP contribution in [0.15, 0.2) is 18.2 Å². The van der Waals surface area contributed by atoms with Gasteiger partial charge >= 0.3 is 5.97 Å². The van der Waals surface area contributed by atoms with Crippen molar-refractivity contribution in [2.24, 2.45) is 0 Å². The lowest BCUT2D eigenvalue weighted by Crippen LogP contribution is -2.01. The number of aromatic carboxylic acids is 1. The minimum absolute atomic E-state index is 0.141. The van der Waals surface area contributed by atoms with E-state index in [0.717, 1.165) is 18.2 Å². The van der Waals surface area contributed by atoms with Crippen LogP contribution in [0.4, 0.5) is 0 Å². The zero-order valence-corrected chi connectivity index (χ0v) is 10.2. The molecule has 1 aromatic rings. The lowest BCUT2D eigenvalue weighted by atomic mass is 10.2. The summed E-state index contributed by atoms with van der Waals surface area (Å²) < 4.78 is 5.36. The first-order valence-electron chi connectivity index (χ1n) is 4.90. The van der Waals surface area contributed by atoms with E-state index in [1.54, 1.807) is 6.07 Å². The van der Waals surface area contributed by atoms with Crippen molar-refractivity contribution < 1.29 is 19.7 Å². The molecule has 0 saturated heterocycles. The molecule has 1 aromatic carbocycles. The average molecular weight is 289 g/mol. The Kier molecular flexibility index (Phi) is 5.11. The number of carboxylic acids is 1. The molecule has 0 aliphatic rings. The molecule has 0 fully saturated rings. The second-order valence-electron chi connectivity index (χ2n) is 3.23. The Morgan fingerprint density at radius 1 is 1.38 bits per heavy atom. The number of phenols is 1. The Morgan fingerprint density at radius 3 is 2.75 bits per heavy atom. The van der Waals surface area contributed by atoms with Gasteiger partial charge in [-0.15, -0.1) is 0 Å². The summed E-state index contributed by atoms with van der Waals surface area (Å²) in [7, 11) is 0. The van der Waals surface area contributed by atoms with Gasteiger partial charge in [-0.05, 0) is 31.0 Å². The van der Waals surface area contributed by atoms with Crippen LogP contribution >= 0.6 is 15.9 Å². The summed E-state index contributed by atoms with van der Waals surface area (Å²) in [5.41, 5.74) is -0.141. The third-order valence-electron chi connectivity index (χ3n) is 2.00. The fourth-order valence-electron chi connectivity index (χ4n) is 1.16. The second-order valence-corrected chi connectivity index (χ2v) is 4.02. The van der Waals surface area contributed by atoms with Crippen LogP contribution in [0.3, 0.4) is 0 Å². The number of aromatic hydroxyl groups is 1. The topological polar surface area (TPSA) is 66.8 Å². The van der Waals surface area contributed by atoms with Crippen LogP contribution in [0.2, 0.25) is 0 Å². The maximum Gasteiger partial charge on any atom is 0.339 e. The Morgan fingerprint density at radius 2 is 2.12 bits per heavy atom. The number of benzene rings is 1. The maximum atomic E-state index is 10.7. The number of alkyl halides is 1. The molecular weight excluding hydrogens is 276 g/mol. The highest BCUT2D eigenvalue weighted by Crippen LogP contribution is 2.23. The molecule has 4 nitrogen and oxygen atoms in total. The van der Waals surface area contributed by atoms with Gasteiger partial charge in [0.1, 0.15) is 17.1 Å². The highest BCUT2D eigenvalue weighted by molar-refractivity contribution is 9.09. The van der Waals surface area contributed by atoms with Crippen LogP contribution in [0.25, 0.3) is 0 Å². The molecule has 0 saturated carbocycles. The number of carbonyl (C=O) groups is 1. The van der Waals surface area contributed by atoms with E-state index >= 15 is 0 Å². The van der Waals surface area contributed by atoms with Gasteiger partial charge in [0.25, 0.3) is 0 Å². The Hall–Kier alpha value is -1.23. The van der Waals surface area contributed by atoms with E-state index in [1.165, 1.54) is 12.1 Å². The molecule has 0 atom stereocenters. The predicted molar refractivity (Wildman–Crippen MR) is 63.6 cm³/mol. The number of hydrogen-bond acceptors (Lipinski definition) is 3. The quantitative estimate of drug-likeness (QED) is 0.624. The lowest BCUT2D eigenvalue weighted by molar-refractivity contribution is 0.0693. The van der Waals surface area contributed by atoms with Crippen molar-refractivity contribution in [2.75, 3.05) is 11.9 Å². The SMILES string of the molecule is O=C(O)c1cc(OCCCCBr)ccc1O. The van der Waals surface area contributed by atoms with Crippen molar-refractivity contribution in [1.29, 1.82) is 0 Å². The van der Waals surface area contributed by atoms with Crippen molar-refractivity contribution in [3.8, 4) is 11.5 Å². The van der Waals surface area contributed by atoms with Gasteiger partial charge in [-0.1, -0.05) is 15.9 Å². The molecular formula is C11H13BrO4. The Balaban J connectivity index is 2.61. The smallest absolute Gasteiger partial charge is 0.339 e. The Labute approximate surface area is 102 Å². The molecule has 0 aliphatic carbocycles. The average Bonchev–Trinajstić information content (AvgIpc) is 2.26. The van der Waals surface area contributed by atoms with E-state index < -0.39 is 5.97 Å². The van der Waals surface area contributed by atoms with Gasteiger partial charge in [-0.2, -0.15) is 0 Å². The van der Waals surface area contributed by atoms with E-state index in [9.17, 15) is 9.90 Å². The molecule has 0 bridgehead atoms. The van der Waals surface area contributed by atoms with Crippen LogP contribution in [-0.4, -0.2) is 28.1 Å². The first-order chi connectivity index (χ1) is 7.65. The number of rotatable bonds is 6. The molecule has 0 radical (unpaired) electrons. The largest absolute Gasteiger partial charge is 0.507 e. The van der Waals surface area contributed by atoms with Crippen LogP contribution in [-0.2, 0) is 0 Å². The number of carboxylic acid groups (broad SMARTS) is 1. The van der Waals surface area contributed by atoms with Crippen LogP contribution in [0, 0.1) is 0 Å². The molecule has 2 N–H and O–H groups in total. The molecule has 0 unspecified atom stereocenters. The van der Waals surface area contributed by atoms with Gasteiger partial charge in [0.05, 0.1) is 6.61 Å². The molecule has 1 rings (SSSR count). The molecule has 88 valence electrons. The minimum Gasteiger partial charge on any atom is -0.507 e. The van der Waals surface area contributed by atoms with E-state index in [2.05, 4.69) is 15.9 Å². The first-order valence-corrected chi connectivity index (χ1v) is 6.02. The molecule has 0 amide bonds. The fourth-order valence-corrected chi connectivity index (χ4v) is 1.56. The summed E-state index contributed by atoms with van der Waals surface area (Å²) in [6, 6.07) is 4.20. The summed E-state index contributed by atoms with van der Waals surface area (Å²) in [4.78, 5) is 10.7. The first kappa shape index (κ1) is 12.8. The summed E-state index contributed by atoms with van der Waals surface area (Å²) >= 11 is 3.31. The van der Waals surface area contributed by atoms with Crippen LogP contribution in [0.1, 0.15) is 23.2 Å². The molecule has 0 aromatic heterocycles. The van der Waals surface area contributed by atoms with E-state index in [0.29, 0.717) is 12.4 Å². The van der Waals surface area contributed by atoms with Gasteiger partial charge in [0.2, 0.25) is 0 Å². The van der Waals surface area contributed by atoms with Crippen molar-refractivity contribution >= 4 is 21.9 Å². The monoisotopic (exact) mass is 288 g/mol.